The summed E-state index contributed by atoms with van der Waals surface area (Å²) in [5.41, 5.74) is 7.87. The van der Waals surface area contributed by atoms with Gasteiger partial charge in [-0.1, -0.05) is 18.2 Å². The molecular formula is C14H16N4. The molecule has 2 aromatic rings. The lowest BCUT2D eigenvalue weighted by Crippen LogP contribution is -2.06. The van der Waals surface area contributed by atoms with Crippen LogP contribution >= 0.6 is 0 Å². The van der Waals surface area contributed by atoms with E-state index in [1.807, 2.05) is 37.3 Å². The lowest BCUT2D eigenvalue weighted by Gasteiger charge is -2.11. The average molecular weight is 240 g/mol. The van der Waals surface area contributed by atoms with Crippen molar-refractivity contribution in [3.05, 3.63) is 41.7 Å². The van der Waals surface area contributed by atoms with Gasteiger partial charge in [-0.3, -0.25) is 0 Å². The van der Waals surface area contributed by atoms with E-state index in [4.69, 9.17) is 5.73 Å². The number of anilines is 3. The molecule has 1 fully saturated rings. The predicted molar refractivity (Wildman–Crippen MR) is 72.9 cm³/mol. The molecule has 1 aliphatic carbocycles. The molecule has 1 heterocycles. The molecule has 4 nitrogen and oxygen atoms in total. The Hall–Kier alpha value is -2.10. The largest absolute Gasteiger partial charge is 0.383 e. The summed E-state index contributed by atoms with van der Waals surface area (Å²) in [6.45, 7) is 1.94. The van der Waals surface area contributed by atoms with Gasteiger partial charge in [0.1, 0.15) is 17.5 Å². The van der Waals surface area contributed by atoms with Crippen molar-refractivity contribution < 1.29 is 0 Å². The van der Waals surface area contributed by atoms with Crippen molar-refractivity contribution in [1.29, 1.82) is 0 Å². The molecule has 3 rings (SSSR count). The molecule has 4 heteroatoms. The highest BCUT2D eigenvalue weighted by Crippen LogP contribution is 2.39. The summed E-state index contributed by atoms with van der Waals surface area (Å²) >= 11 is 0. The number of aromatic nitrogens is 2. The third-order valence-electron chi connectivity index (χ3n) is 3.18. The fraction of sp³-hybridized carbons (Fsp3) is 0.286. The SMILES string of the molecule is Cc1c(N)nc(C2CC2)nc1Nc1ccccc1. The summed E-state index contributed by atoms with van der Waals surface area (Å²) in [6, 6.07) is 9.99. The zero-order chi connectivity index (χ0) is 12.5. The minimum absolute atomic E-state index is 0.504. The number of nitrogens with one attached hydrogen (secondary N) is 1. The molecule has 1 aromatic carbocycles. The van der Waals surface area contributed by atoms with Crippen LogP contribution in [-0.4, -0.2) is 9.97 Å². The molecule has 0 aliphatic heterocycles. The minimum Gasteiger partial charge on any atom is -0.383 e. The van der Waals surface area contributed by atoms with Gasteiger partial charge < -0.3 is 11.1 Å². The van der Waals surface area contributed by atoms with E-state index < -0.39 is 0 Å². The maximum Gasteiger partial charge on any atom is 0.139 e. The van der Waals surface area contributed by atoms with Crippen molar-refractivity contribution in [2.75, 3.05) is 11.1 Å². The van der Waals surface area contributed by atoms with Crippen molar-refractivity contribution >= 4 is 17.3 Å². The summed E-state index contributed by atoms with van der Waals surface area (Å²) in [7, 11) is 0. The van der Waals surface area contributed by atoms with Crippen molar-refractivity contribution in [2.24, 2.45) is 0 Å². The number of nitrogen functional groups attached to an aromatic ring is 1. The fourth-order valence-electron chi connectivity index (χ4n) is 1.86. The Labute approximate surface area is 106 Å². The van der Waals surface area contributed by atoms with Crippen LogP contribution in [0.4, 0.5) is 17.3 Å². The third-order valence-corrected chi connectivity index (χ3v) is 3.18. The van der Waals surface area contributed by atoms with Crippen LogP contribution in [0.1, 0.15) is 30.1 Å². The highest BCUT2D eigenvalue weighted by Gasteiger charge is 2.27. The Morgan fingerprint density at radius 1 is 1.17 bits per heavy atom. The molecule has 0 bridgehead atoms. The van der Waals surface area contributed by atoms with E-state index in [2.05, 4.69) is 15.3 Å². The standard InChI is InChI=1S/C14H16N4/c1-9-12(15)17-14(10-7-8-10)18-13(9)16-11-5-3-2-4-6-11/h2-6,10H,7-8H2,1H3,(H3,15,16,17,18). The molecule has 3 N–H and O–H groups in total. The van der Waals surface area contributed by atoms with Gasteiger partial charge in [-0.05, 0) is 31.9 Å². The Morgan fingerprint density at radius 2 is 1.89 bits per heavy atom. The van der Waals surface area contributed by atoms with E-state index in [0.29, 0.717) is 11.7 Å². The minimum atomic E-state index is 0.504. The summed E-state index contributed by atoms with van der Waals surface area (Å²) in [4.78, 5) is 8.95. The molecule has 0 amide bonds. The number of benzene rings is 1. The van der Waals surface area contributed by atoms with Crippen LogP contribution in [0.15, 0.2) is 30.3 Å². The molecule has 92 valence electrons. The van der Waals surface area contributed by atoms with Crippen molar-refractivity contribution in [1.82, 2.24) is 9.97 Å². The van der Waals surface area contributed by atoms with E-state index in [1.54, 1.807) is 0 Å². The number of nitrogens with two attached hydrogens (primary N) is 1. The van der Waals surface area contributed by atoms with Gasteiger partial charge in [-0.2, -0.15) is 0 Å². The first-order valence-corrected chi connectivity index (χ1v) is 6.20. The zero-order valence-corrected chi connectivity index (χ0v) is 10.4. The molecular weight excluding hydrogens is 224 g/mol. The van der Waals surface area contributed by atoms with Gasteiger partial charge in [-0.15, -0.1) is 0 Å². The monoisotopic (exact) mass is 240 g/mol. The zero-order valence-electron chi connectivity index (χ0n) is 10.4. The maximum absolute atomic E-state index is 5.95. The number of hydrogen-bond acceptors (Lipinski definition) is 4. The molecule has 1 saturated carbocycles. The fourth-order valence-corrected chi connectivity index (χ4v) is 1.86. The summed E-state index contributed by atoms with van der Waals surface area (Å²) in [5, 5.41) is 3.30. The molecule has 1 aromatic heterocycles. The van der Waals surface area contributed by atoms with Gasteiger partial charge >= 0.3 is 0 Å². The highest BCUT2D eigenvalue weighted by molar-refractivity contribution is 5.63. The number of hydrogen-bond donors (Lipinski definition) is 2. The maximum atomic E-state index is 5.95. The van der Waals surface area contributed by atoms with Gasteiger partial charge in [0.15, 0.2) is 0 Å². The van der Waals surface area contributed by atoms with E-state index in [1.165, 1.54) is 12.8 Å². The number of para-hydroxylation sites is 1. The van der Waals surface area contributed by atoms with E-state index in [0.717, 1.165) is 22.9 Å². The Kier molecular flexibility index (Phi) is 2.63. The molecule has 0 spiro atoms. The normalized spacial score (nSPS) is 14.5. The van der Waals surface area contributed by atoms with Gasteiger partial charge in [0.2, 0.25) is 0 Å². The molecule has 18 heavy (non-hydrogen) atoms. The second-order valence-corrected chi connectivity index (χ2v) is 4.71. The smallest absolute Gasteiger partial charge is 0.139 e. The third kappa shape index (κ3) is 2.14. The average Bonchev–Trinajstić information content (AvgIpc) is 3.20. The number of rotatable bonds is 3. The van der Waals surface area contributed by atoms with Crippen LogP contribution in [0.2, 0.25) is 0 Å². The van der Waals surface area contributed by atoms with Crippen molar-refractivity contribution in [3.8, 4) is 0 Å². The highest BCUT2D eigenvalue weighted by atomic mass is 15.1. The second kappa shape index (κ2) is 4.29. The summed E-state index contributed by atoms with van der Waals surface area (Å²) in [5.74, 6) is 2.77. The van der Waals surface area contributed by atoms with Crippen LogP contribution in [0.3, 0.4) is 0 Å². The van der Waals surface area contributed by atoms with Crippen LogP contribution < -0.4 is 11.1 Å². The quantitative estimate of drug-likeness (QED) is 0.865. The van der Waals surface area contributed by atoms with E-state index in [9.17, 15) is 0 Å². The van der Waals surface area contributed by atoms with Crippen LogP contribution in [0, 0.1) is 6.92 Å². The van der Waals surface area contributed by atoms with Crippen molar-refractivity contribution in [2.45, 2.75) is 25.7 Å². The molecule has 1 aliphatic rings. The van der Waals surface area contributed by atoms with Gasteiger partial charge in [0, 0.05) is 17.2 Å². The summed E-state index contributed by atoms with van der Waals surface area (Å²) in [6.07, 6.45) is 2.35. The predicted octanol–water partition coefficient (Wildman–Crippen LogP) is 2.99. The van der Waals surface area contributed by atoms with Gasteiger partial charge in [0.25, 0.3) is 0 Å². The number of nitrogens with zero attached hydrogens (tertiary/aromatic N) is 2. The topological polar surface area (TPSA) is 63.8 Å². The van der Waals surface area contributed by atoms with E-state index >= 15 is 0 Å². The Morgan fingerprint density at radius 3 is 2.56 bits per heavy atom. The van der Waals surface area contributed by atoms with Crippen molar-refractivity contribution in [3.63, 3.8) is 0 Å². The second-order valence-electron chi connectivity index (χ2n) is 4.71. The van der Waals surface area contributed by atoms with Crippen LogP contribution in [0.25, 0.3) is 0 Å². The molecule has 0 unspecified atom stereocenters. The Balaban J connectivity index is 1.95. The lowest BCUT2D eigenvalue weighted by atomic mass is 10.2. The molecule has 0 saturated heterocycles. The first-order chi connectivity index (χ1) is 8.74. The van der Waals surface area contributed by atoms with Gasteiger partial charge in [-0.25, -0.2) is 9.97 Å². The summed E-state index contributed by atoms with van der Waals surface area (Å²) < 4.78 is 0. The first kappa shape index (κ1) is 11.0. The lowest BCUT2D eigenvalue weighted by molar-refractivity contribution is 0.928. The first-order valence-electron chi connectivity index (χ1n) is 6.20. The van der Waals surface area contributed by atoms with Gasteiger partial charge in [0.05, 0.1) is 0 Å². The van der Waals surface area contributed by atoms with Crippen LogP contribution in [0.5, 0.6) is 0 Å². The Bertz CT molecular complexity index is 562. The molecule has 0 radical (unpaired) electrons. The van der Waals surface area contributed by atoms with Crippen LogP contribution in [-0.2, 0) is 0 Å². The molecule has 0 atom stereocenters. The van der Waals surface area contributed by atoms with E-state index in [-0.39, 0.29) is 0 Å².